The van der Waals surface area contributed by atoms with Crippen LogP contribution in [0.4, 0.5) is 4.39 Å². The molecule has 0 nitrogen and oxygen atoms in total. The van der Waals surface area contributed by atoms with Gasteiger partial charge in [0.05, 0.1) is 0 Å². The molecule has 0 spiro atoms. The van der Waals surface area contributed by atoms with Gasteiger partial charge in [-0.05, 0) is 13.3 Å². The van der Waals surface area contributed by atoms with Crippen LogP contribution in [0.5, 0.6) is 0 Å². The normalized spacial score (nSPS) is 18.0. The standard InChI is InChI=1S/C6H12BrF/c1-3-4-6(7)5(2)8/h5-6H,3-4H2,1-2H3. The van der Waals surface area contributed by atoms with E-state index >= 15 is 0 Å². The fourth-order valence-corrected chi connectivity index (χ4v) is 0.963. The molecule has 0 aliphatic rings. The van der Waals surface area contributed by atoms with Crippen LogP contribution in [0.3, 0.4) is 0 Å². The van der Waals surface area contributed by atoms with E-state index in [4.69, 9.17) is 0 Å². The van der Waals surface area contributed by atoms with E-state index < -0.39 is 6.17 Å². The highest BCUT2D eigenvalue weighted by atomic mass is 79.9. The Morgan fingerprint density at radius 2 is 2.12 bits per heavy atom. The van der Waals surface area contributed by atoms with Crippen molar-refractivity contribution in [3.05, 3.63) is 0 Å². The molecule has 0 bridgehead atoms. The molecule has 0 amide bonds. The zero-order valence-corrected chi connectivity index (χ0v) is 6.91. The highest BCUT2D eigenvalue weighted by Crippen LogP contribution is 2.14. The van der Waals surface area contributed by atoms with Crippen molar-refractivity contribution in [1.82, 2.24) is 0 Å². The first-order valence-corrected chi connectivity index (χ1v) is 3.88. The summed E-state index contributed by atoms with van der Waals surface area (Å²) in [5, 5.41) is 0. The molecule has 0 aromatic rings. The second kappa shape index (κ2) is 4.30. The van der Waals surface area contributed by atoms with Gasteiger partial charge in [-0.2, -0.15) is 0 Å². The minimum absolute atomic E-state index is 0.0625. The maximum absolute atomic E-state index is 12.2. The van der Waals surface area contributed by atoms with Crippen molar-refractivity contribution in [2.45, 2.75) is 37.7 Å². The Labute approximate surface area is 58.6 Å². The summed E-state index contributed by atoms with van der Waals surface area (Å²) in [7, 11) is 0. The van der Waals surface area contributed by atoms with Gasteiger partial charge in [0, 0.05) is 4.83 Å². The molecule has 0 saturated carbocycles. The van der Waals surface area contributed by atoms with Crippen LogP contribution >= 0.6 is 15.9 Å². The number of hydrogen-bond acceptors (Lipinski definition) is 0. The molecular weight excluding hydrogens is 171 g/mol. The first-order valence-electron chi connectivity index (χ1n) is 2.96. The topological polar surface area (TPSA) is 0 Å². The molecule has 50 valence electrons. The van der Waals surface area contributed by atoms with Crippen LogP contribution in [0.2, 0.25) is 0 Å². The first-order chi connectivity index (χ1) is 3.68. The minimum Gasteiger partial charge on any atom is -0.247 e. The summed E-state index contributed by atoms with van der Waals surface area (Å²) in [5.74, 6) is 0. The van der Waals surface area contributed by atoms with Gasteiger partial charge in [0.15, 0.2) is 0 Å². The van der Waals surface area contributed by atoms with E-state index in [0.717, 1.165) is 12.8 Å². The molecule has 0 aromatic heterocycles. The van der Waals surface area contributed by atoms with Crippen molar-refractivity contribution in [2.75, 3.05) is 0 Å². The van der Waals surface area contributed by atoms with Crippen LogP contribution in [0.25, 0.3) is 0 Å². The van der Waals surface area contributed by atoms with Crippen molar-refractivity contribution in [3.8, 4) is 0 Å². The molecule has 0 rings (SSSR count). The van der Waals surface area contributed by atoms with Gasteiger partial charge < -0.3 is 0 Å². The maximum Gasteiger partial charge on any atom is 0.110 e. The molecule has 0 saturated heterocycles. The molecule has 2 unspecified atom stereocenters. The number of halogens is 2. The zero-order chi connectivity index (χ0) is 6.57. The molecule has 2 atom stereocenters. The third kappa shape index (κ3) is 3.42. The average molecular weight is 183 g/mol. The summed E-state index contributed by atoms with van der Waals surface area (Å²) in [6.07, 6.45) is 1.26. The summed E-state index contributed by atoms with van der Waals surface area (Å²) in [4.78, 5) is 0.0625. The first kappa shape index (κ1) is 8.41. The van der Waals surface area contributed by atoms with Crippen LogP contribution in [0.1, 0.15) is 26.7 Å². The SMILES string of the molecule is CCCC(Br)C(C)F. The van der Waals surface area contributed by atoms with Gasteiger partial charge in [-0.25, -0.2) is 4.39 Å². The van der Waals surface area contributed by atoms with E-state index in [2.05, 4.69) is 22.9 Å². The van der Waals surface area contributed by atoms with Crippen molar-refractivity contribution in [3.63, 3.8) is 0 Å². The number of rotatable bonds is 3. The van der Waals surface area contributed by atoms with E-state index in [9.17, 15) is 4.39 Å². The van der Waals surface area contributed by atoms with Crippen LogP contribution in [0.15, 0.2) is 0 Å². The Morgan fingerprint density at radius 1 is 1.62 bits per heavy atom. The lowest BCUT2D eigenvalue weighted by atomic mass is 10.2. The Balaban J connectivity index is 3.17. The summed E-state index contributed by atoms with van der Waals surface area (Å²) in [5.41, 5.74) is 0. The monoisotopic (exact) mass is 182 g/mol. The molecule has 8 heavy (non-hydrogen) atoms. The third-order valence-electron chi connectivity index (χ3n) is 1.06. The predicted molar refractivity (Wildman–Crippen MR) is 38.2 cm³/mol. The van der Waals surface area contributed by atoms with Gasteiger partial charge in [0.2, 0.25) is 0 Å². The van der Waals surface area contributed by atoms with Gasteiger partial charge in [0.1, 0.15) is 6.17 Å². The molecule has 0 aromatic carbocycles. The molecule has 0 N–H and O–H groups in total. The predicted octanol–water partition coefficient (Wildman–Crippen LogP) is 2.91. The third-order valence-corrected chi connectivity index (χ3v) is 2.25. The van der Waals surface area contributed by atoms with Crippen molar-refractivity contribution in [2.24, 2.45) is 0 Å². The molecular formula is C6H12BrF. The van der Waals surface area contributed by atoms with Crippen LogP contribution in [0, 0.1) is 0 Å². The Bertz CT molecular complexity index is 54.5. The van der Waals surface area contributed by atoms with E-state index in [1.165, 1.54) is 0 Å². The highest BCUT2D eigenvalue weighted by Gasteiger charge is 2.09. The van der Waals surface area contributed by atoms with Crippen molar-refractivity contribution in [1.29, 1.82) is 0 Å². The molecule has 0 fully saturated rings. The largest absolute Gasteiger partial charge is 0.247 e. The van der Waals surface area contributed by atoms with Crippen LogP contribution < -0.4 is 0 Å². The second-order valence-corrected chi connectivity index (χ2v) is 3.16. The molecule has 0 aliphatic heterocycles. The van der Waals surface area contributed by atoms with Crippen molar-refractivity contribution < 1.29 is 4.39 Å². The molecule has 0 radical (unpaired) electrons. The second-order valence-electron chi connectivity index (χ2n) is 1.98. The fourth-order valence-electron chi connectivity index (χ4n) is 0.505. The lowest BCUT2D eigenvalue weighted by Crippen LogP contribution is -2.09. The van der Waals surface area contributed by atoms with E-state index in [1.54, 1.807) is 6.92 Å². The van der Waals surface area contributed by atoms with Crippen molar-refractivity contribution >= 4 is 15.9 Å². The lowest BCUT2D eigenvalue weighted by molar-refractivity contribution is 0.346. The quantitative estimate of drug-likeness (QED) is 0.590. The van der Waals surface area contributed by atoms with E-state index in [0.29, 0.717) is 0 Å². The number of alkyl halides is 2. The molecule has 2 heteroatoms. The average Bonchev–Trinajstić information content (AvgIpc) is 1.67. The number of hydrogen-bond donors (Lipinski definition) is 0. The zero-order valence-electron chi connectivity index (χ0n) is 5.32. The summed E-state index contributed by atoms with van der Waals surface area (Å²) >= 11 is 3.23. The van der Waals surface area contributed by atoms with Gasteiger partial charge in [0.25, 0.3) is 0 Å². The summed E-state index contributed by atoms with van der Waals surface area (Å²) < 4.78 is 12.2. The van der Waals surface area contributed by atoms with Crippen LogP contribution in [-0.4, -0.2) is 11.0 Å². The van der Waals surface area contributed by atoms with Gasteiger partial charge in [-0.1, -0.05) is 29.3 Å². The van der Waals surface area contributed by atoms with E-state index in [-0.39, 0.29) is 4.83 Å². The summed E-state index contributed by atoms with van der Waals surface area (Å²) in [6.45, 7) is 3.63. The van der Waals surface area contributed by atoms with Gasteiger partial charge in [-0.3, -0.25) is 0 Å². The van der Waals surface area contributed by atoms with Gasteiger partial charge in [-0.15, -0.1) is 0 Å². The lowest BCUT2D eigenvalue weighted by Gasteiger charge is -2.07. The Morgan fingerprint density at radius 3 is 2.25 bits per heavy atom. The molecule has 0 heterocycles. The highest BCUT2D eigenvalue weighted by molar-refractivity contribution is 9.09. The van der Waals surface area contributed by atoms with E-state index in [1.807, 2.05) is 0 Å². The summed E-state index contributed by atoms with van der Waals surface area (Å²) in [6, 6.07) is 0. The Hall–Kier alpha value is 0.410. The smallest absolute Gasteiger partial charge is 0.110 e. The molecule has 0 aliphatic carbocycles. The Kier molecular flexibility index (Phi) is 4.53. The minimum atomic E-state index is -0.713. The fraction of sp³-hybridized carbons (Fsp3) is 1.00. The van der Waals surface area contributed by atoms with Crippen LogP contribution in [-0.2, 0) is 0 Å². The van der Waals surface area contributed by atoms with Gasteiger partial charge >= 0.3 is 0 Å². The maximum atomic E-state index is 12.2.